The molecule has 2 aromatic rings. The molecule has 0 saturated heterocycles. The first-order chi connectivity index (χ1) is 11.6. The summed E-state index contributed by atoms with van der Waals surface area (Å²) in [5.41, 5.74) is 2.81. The second-order valence-corrected chi connectivity index (χ2v) is 5.18. The first-order valence-electron chi connectivity index (χ1n) is 7.73. The molecular formula is C20H20O4. The van der Waals surface area contributed by atoms with Crippen molar-refractivity contribution in [2.45, 2.75) is 13.3 Å². The zero-order chi connectivity index (χ0) is 17.4. The summed E-state index contributed by atoms with van der Waals surface area (Å²) in [7, 11) is 1.30. The van der Waals surface area contributed by atoms with E-state index in [0.717, 1.165) is 12.0 Å². The predicted octanol–water partition coefficient (Wildman–Crippen LogP) is 3.70. The van der Waals surface area contributed by atoms with Crippen LogP contribution in [-0.4, -0.2) is 25.5 Å². The number of aryl methyl sites for hydroxylation is 1. The maximum Gasteiger partial charge on any atom is 0.343 e. The van der Waals surface area contributed by atoms with Crippen LogP contribution in [0.25, 0.3) is 6.08 Å². The summed E-state index contributed by atoms with van der Waals surface area (Å²) < 4.78 is 9.74. The van der Waals surface area contributed by atoms with Crippen LogP contribution in [0.4, 0.5) is 0 Å². The van der Waals surface area contributed by atoms with Gasteiger partial charge in [0.1, 0.15) is 5.75 Å². The van der Waals surface area contributed by atoms with Crippen molar-refractivity contribution in [1.29, 1.82) is 0 Å². The average molecular weight is 324 g/mol. The number of esters is 1. The summed E-state index contributed by atoms with van der Waals surface area (Å²) in [4.78, 5) is 23.2. The van der Waals surface area contributed by atoms with Gasteiger partial charge in [0.2, 0.25) is 0 Å². The van der Waals surface area contributed by atoms with Crippen molar-refractivity contribution in [2.24, 2.45) is 0 Å². The Bertz CT molecular complexity index is 712. The molecule has 0 saturated carbocycles. The first-order valence-corrected chi connectivity index (χ1v) is 7.73. The number of hydrogen-bond donors (Lipinski definition) is 0. The molecule has 124 valence electrons. The molecule has 0 radical (unpaired) electrons. The first kappa shape index (κ1) is 17.5. The molecule has 4 heteroatoms. The molecule has 0 spiro atoms. The van der Waals surface area contributed by atoms with Gasteiger partial charge in [-0.15, -0.1) is 0 Å². The smallest absolute Gasteiger partial charge is 0.343 e. The molecule has 0 fully saturated rings. The maximum atomic E-state index is 12.2. The van der Waals surface area contributed by atoms with Gasteiger partial charge < -0.3 is 9.47 Å². The molecule has 2 aromatic carbocycles. The highest BCUT2D eigenvalue weighted by Gasteiger charge is 2.04. The van der Waals surface area contributed by atoms with E-state index in [1.165, 1.54) is 12.7 Å². The summed E-state index contributed by atoms with van der Waals surface area (Å²) >= 11 is 0. The van der Waals surface area contributed by atoms with Crippen LogP contribution in [0, 0.1) is 0 Å². The van der Waals surface area contributed by atoms with E-state index in [2.05, 4.69) is 23.8 Å². The van der Waals surface area contributed by atoms with E-state index < -0.39 is 5.97 Å². The molecule has 0 aliphatic heterocycles. The highest BCUT2D eigenvalue weighted by Crippen LogP contribution is 2.14. The molecule has 4 nitrogen and oxygen atoms in total. The van der Waals surface area contributed by atoms with E-state index >= 15 is 0 Å². The second-order valence-electron chi connectivity index (χ2n) is 5.18. The molecule has 0 heterocycles. The van der Waals surface area contributed by atoms with Crippen LogP contribution < -0.4 is 4.74 Å². The van der Waals surface area contributed by atoms with Crippen molar-refractivity contribution in [3.05, 3.63) is 71.3 Å². The van der Waals surface area contributed by atoms with Gasteiger partial charge in [0.15, 0.2) is 12.4 Å². The molecule has 0 atom stereocenters. The second kappa shape index (κ2) is 8.67. The van der Waals surface area contributed by atoms with Crippen LogP contribution in [0.15, 0.2) is 54.6 Å². The van der Waals surface area contributed by atoms with Gasteiger partial charge in [-0.25, -0.2) is 4.79 Å². The number of methoxy groups -OCH3 is 1. The predicted molar refractivity (Wildman–Crippen MR) is 93.1 cm³/mol. The number of ketones is 1. The maximum absolute atomic E-state index is 12.2. The van der Waals surface area contributed by atoms with Crippen molar-refractivity contribution >= 4 is 17.8 Å². The lowest BCUT2D eigenvalue weighted by Gasteiger charge is -2.05. The van der Waals surface area contributed by atoms with Crippen LogP contribution in [-0.2, 0) is 16.0 Å². The van der Waals surface area contributed by atoms with E-state index in [1.54, 1.807) is 36.4 Å². The normalized spacial score (nSPS) is 10.6. The van der Waals surface area contributed by atoms with Gasteiger partial charge in [0, 0.05) is 5.56 Å². The number of carbonyl (C=O) groups excluding carboxylic acids is 2. The Balaban J connectivity index is 1.96. The Morgan fingerprint density at radius 3 is 2.25 bits per heavy atom. The highest BCUT2D eigenvalue weighted by molar-refractivity contribution is 6.06. The molecular weight excluding hydrogens is 304 g/mol. The van der Waals surface area contributed by atoms with Gasteiger partial charge in [-0.05, 0) is 47.9 Å². The van der Waals surface area contributed by atoms with E-state index in [9.17, 15) is 9.59 Å². The van der Waals surface area contributed by atoms with Crippen molar-refractivity contribution in [2.75, 3.05) is 13.7 Å². The van der Waals surface area contributed by atoms with Gasteiger partial charge in [-0.2, -0.15) is 0 Å². The third kappa shape index (κ3) is 5.09. The van der Waals surface area contributed by atoms with Gasteiger partial charge in [0.05, 0.1) is 7.11 Å². The Labute approximate surface area is 141 Å². The third-order valence-electron chi connectivity index (χ3n) is 3.54. The fraction of sp³-hybridized carbons (Fsp3) is 0.200. The Morgan fingerprint density at radius 1 is 1.00 bits per heavy atom. The minimum atomic E-state index is -0.452. The minimum absolute atomic E-state index is 0.0888. The summed E-state index contributed by atoms with van der Waals surface area (Å²) in [5.74, 6) is -0.0302. The summed E-state index contributed by atoms with van der Waals surface area (Å²) in [5, 5.41) is 0. The lowest BCUT2D eigenvalue weighted by Crippen LogP contribution is -2.12. The van der Waals surface area contributed by atoms with Crippen LogP contribution in [0.1, 0.15) is 28.4 Å². The molecule has 2 rings (SSSR count). The molecule has 0 bridgehead atoms. The molecule has 0 aromatic heterocycles. The van der Waals surface area contributed by atoms with E-state index in [1.807, 2.05) is 12.1 Å². The molecule has 0 amide bonds. The molecule has 0 unspecified atom stereocenters. The number of hydrogen-bond acceptors (Lipinski definition) is 4. The summed E-state index contributed by atoms with van der Waals surface area (Å²) in [6, 6.07) is 14.7. The zero-order valence-corrected chi connectivity index (χ0v) is 13.8. The lowest BCUT2D eigenvalue weighted by atomic mass is 10.1. The zero-order valence-electron chi connectivity index (χ0n) is 13.8. The Hall–Kier alpha value is -2.88. The fourth-order valence-electron chi connectivity index (χ4n) is 2.05. The van der Waals surface area contributed by atoms with Gasteiger partial charge in [0.25, 0.3) is 0 Å². The van der Waals surface area contributed by atoms with Crippen LogP contribution in [0.2, 0.25) is 0 Å². The molecule has 0 aliphatic carbocycles. The van der Waals surface area contributed by atoms with Gasteiger partial charge in [-0.3, -0.25) is 4.79 Å². The number of allylic oxidation sites excluding steroid dienone is 1. The van der Waals surface area contributed by atoms with E-state index in [-0.39, 0.29) is 12.4 Å². The topological polar surface area (TPSA) is 52.6 Å². The number of ether oxygens (including phenoxy) is 2. The van der Waals surface area contributed by atoms with Gasteiger partial charge >= 0.3 is 5.97 Å². The summed E-state index contributed by atoms with van der Waals surface area (Å²) in [6.45, 7) is 1.95. The molecule has 0 aliphatic rings. The van der Waals surface area contributed by atoms with Crippen molar-refractivity contribution < 1.29 is 19.1 Å². The minimum Gasteiger partial charge on any atom is -0.482 e. The van der Waals surface area contributed by atoms with Crippen molar-refractivity contribution in [1.82, 2.24) is 0 Å². The van der Waals surface area contributed by atoms with Crippen LogP contribution in [0.5, 0.6) is 5.75 Å². The largest absolute Gasteiger partial charge is 0.482 e. The monoisotopic (exact) mass is 324 g/mol. The van der Waals surface area contributed by atoms with Gasteiger partial charge in [-0.1, -0.05) is 37.3 Å². The van der Waals surface area contributed by atoms with Crippen LogP contribution >= 0.6 is 0 Å². The SMILES string of the molecule is CCc1ccc(/C=C/C(=O)c2ccc(OCC(=O)OC)cc2)cc1. The standard InChI is InChI=1S/C20H20O4/c1-3-15-4-6-16(7-5-15)8-13-19(21)17-9-11-18(12-10-17)24-14-20(22)23-2/h4-13H,3,14H2,1-2H3/b13-8+. The van der Waals surface area contributed by atoms with Crippen molar-refractivity contribution in [3.63, 3.8) is 0 Å². The lowest BCUT2D eigenvalue weighted by molar-refractivity contribution is -0.142. The number of carbonyl (C=O) groups is 2. The quantitative estimate of drug-likeness (QED) is 0.443. The molecule has 24 heavy (non-hydrogen) atoms. The number of benzene rings is 2. The summed E-state index contributed by atoms with van der Waals surface area (Å²) in [6.07, 6.45) is 4.34. The average Bonchev–Trinajstić information content (AvgIpc) is 2.64. The molecule has 0 N–H and O–H groups in total. The number of rotatable bonds is 7. The fourth-order valence-corrected chi connectivity index (χ4v) is 2.05. The van der Waals surface area contributed by atoms with E-state index in [4.69, 9.17) is 4.74 Å². The highest BCUT2D eigenvalue weighted by atomic mass is 16.6. The Morgan fingerprint density at radius 2 is 1.67 bits per heavy atom. The third-order valence-corrected chi connectivity index (χ3v) is 3.54. The Kier molecular flexibility index (Phi) is 6.32. The van der Waals surface area contributed by atoms with E-state index in [0.29, 0.717) is 11.3 Å². The van der Waals surface area contributed by atoms with Crippen molar-refractivity contribution in [3.8, 4) is 5.75 Å². The van der Waals surface area contributed by atoms with Crippen LogP contribution in [0.3, 0.4) is 0 Å².